The summed E-state index contributed by atoms with van der Waals surface area (Å²) in [7, 11) is -3.70. The van der Waals surface area contributed by atoms with Crippen molar-refractivity contribution < 1.29 is 101 Å². The molecule has 0 aliphatic heterocycles. The van der Waals surface area contributed by atoms with Crippen LogP contribution in [0.4, 0.5) is 0 Å². The quantitative estimate of drug-likeness (QED) is 0.0392. The molecular weight excluding hydrogens is 1210 g/mol. The van der Waals surface area contributed by atoms with Crippen LogP contribution in [0.2, 0.25) is 10.0 Å². The molecule has 2 heterocycles. The Hall–Kier alpha value is -4.54. The third kappa shape index (κ3) is 23.5. The molecule has 2 N–H and O–H groups in total. The number of carboxylic acid groups (broad SMARTS) is 2. The molecule has 458 valence electrons. The summed E-state index contributed by atoms with van der Waals surface area (Å²) in [5.41, 5.74) is 9.06. The fourth-order valence-electron chi connectivity index (χ4n) is 10.6. The topological polar surface area (TPSA) is 190 Å². The molecule has 2 aliphatic carbocycles. The number of carboxylic acids is 2. The van der Waals surface area contributed by atoms with Crippen LogP contribution < -0.4 is 66.8 Å². The summed E-state index contributed by atoms with van der Waals surface area (Å²) in [6.07, 6.45) is 15.2. The maximum absolute atomic E-state index is 12.1. The number of nitrogens with zero attached hydrogens (tertiary/aromatic N) is 2. The minimum atomic E-state index is -3.70. The molecule has 0 radical (unpaired) electrons. The van der Waals surface area contributed by atoms with Gasteiger partial charge in [-0.2, -0.15) is 32.8 Å². The van der Waals surface area contributed by atoms with Crippen molar-refractivity contribution in [3.63, 3.8) is 0 Å². The van der Waals surface area contributed by atoms with Gasteiger partial charge >= 0.3 is 56.6 Å². The zero-order valence-electron chi connectivity index (χ0n) is 53.6. The van der Waals surface area contributed by atoms with Crippen LogP contribution in [0.5, 0.6) is 0 Å². The third-order valence-electron chi connectivity index (χ3n) is 15.7. The Labute approximate surface area is 587 Å². The standard InChI is InChI=1S/C35H36ClNO3S.C30H30ClNO4S.C6H10O2S.3Li.H/c1-34(2,40)30-9-4-3-7-25(30)13-17-32(41-23-35(18-19-35)22-33(38)39)27-8-5-6-24(20-27)10-15-29-16-12-26-11-14-28(36)21-31(26)37-29;1-30(2,33)27-10-5-4-8-22(27)14-18-29(36-37(3,34)35)24-9-6-7-21(19-24)11-16-26-17-13-23-12-15-25(31)20-28(23)32-26;7-5(8)3-6(4-9)1-2-6;;;;/h3-12,14-16,20-21,32,40H,13,17-19,22-23H2,1-2H3,(H,38,39);4-13,15-17,19-20,29,33H,14,18H2,1-3H3;9H,1-4H2,(H,7,8);;;;/q;;;3*+1;-1/p-2/b15-10+;16-11+;;;;;/t32-;29-;;;;;/m10...../s1. The normalized spacial score (nSPS) is 14.6. The van der Waals surface area contributed by atoms with Gasteiger partial charge in [0.05, 0.1) is 39.9 Å². The average molecular weight is 1290 g/mol. The summed E-state index contributed by atoms with van der Waals surface area (Å²) in [6.45, 7) is 7.13. The maximum atomic E-state index is 12.1. The minimum absolute atomic E-state index is 0. The Morgan fingerprint density at radius 3 is 1.49 bits per heavy atom. The van der Waals surface area contributed by atoms with Gasteiger partial charge in [0.25, 0.3) is 10.1 Å². The molecule has 2 atom stereocenters. The number of carbonyl (C=O) groups excluding carboxylic acids is 2. The van der Waals surface area contributed by atoms with E-state index in [2.05, 4.69) is 54.0 Å². The van der Waals surface area contributed by atoms with Gasteiger partial charge in [-0.3, -0.25) is 4.18 Å². The number of fused-ring (bicyclic) bond motifs is 2. The van der Waals surface area contributed by atoms with E-state index >= 15 is 0 Å². The second kappa shape index (κ2) is 34.0. The Bertz CT molecular complexity index is 3910. The van der Waals surface area contributed by atoms with Crippen molar-refractivity contribution in [1.29, 1.82) is 0 Å². The number of carbonyl (C=O) groups is 2. The number of aromatic nitrogens is 2. The van der Waals surface area contributed by atoms with E-state index in [1.807, 2.05) is 171 Å². The number of aliphatic hydroxyl groups is 2. The van der Waals surface area contributed by atoms with Crippen LogP contribution in [0.25, 0.3) is 46.1 Å². The number of benzene rings is 6. The maximum Gasteiger partial charge on any atom is 1.00 e. The van der Waals surface area contributed by atoms with Gasteiger partial charge in [0, 0.05) is 38.0 Å². The Morgan fingerprint density at radius 1 is 0.622 bits per heavy atom. The van der Waals surface area contributed by atoms with E-state index in [4.69, 9.17) is 32.4 Å². The molecule has 2 aliphatic rings. The van der Waals surface area contributed by atoms with E-state index in [-0.39, 0.29) is 86.9 Å². The van der Waals surface area contributed by atoms with Gasteiger partial charge in [0.15, 0.2) is 0 Å². The van der Waals surface area contributed by atoms with Crippen LogP contribution in [0.3, 0.4) is 0 Å². The molecule has 2 aromatic heterocycles. The number of halogens is 2. The zero-order valence-corrected chi connectivity index (χ0v) is 56.7. The molecule has 0 unspecified atom stereocenters. The SMILES string of the molecule is CC(C)(O)c1ccccc1CC[C@@H](SCC1(CC(=O)[O-])CC1)c1cccc(/C=C/c2ccc3ccc(Cl)cc3n2)c1.CC(C)(O)c1ccccc1CC[C@H](OS(C)(=O)=O)c1cccc(/C=C/c2ccc3ccc(Cl)cc3n2)c1.O=C([O-])CC1(CS)CC1.[H-].[Li+].[Li+].[Li+]. The molecule has 10 rings (SSSR count). The first-order valence-corrected chi connectivity index (χ1v) is 33.3. The molecule has 8 aromatic rings. The van der Waals surface area contributed by atoms with E-state index in [1.54, 1.807) is 13.8 Å². The molecule has 2 fully saturated rings. The number of thiol groups is 1. The van der Waals surface area contributed by atoms with Gasteiger partial charge < -0.3 is 31.4 Å². The van der Waals surface area contributed by atoms with Crippen molar-refractivity contribution in [3.8, 4) is 0 Å². The largest absolute Gasteiger partial charge is 1.00 e. The summed E-state index contributed by atoms with van der Waals surface area (Å²) in [4.78, 5) is 30.8. The van der Waals surface area contributed by atoms with Crippen LogP contribution in [0.1, 0.15) is 148 Å². The van der Waals surface area contributed by atoms with Crippen LogP contribution in [-0.2, 0) is 47.9 Å². The van der Waals surface area contributed by atoms with E-state index in [0.717, 1.165) is 123 Å². The summed E-state index contributed by atoms with van der Waals surface area (Å²) >= 11 is 18.2. The molecular formula is C71H75Cl2Li3N2O9S3. The van der Waals surface area contributed by atoms with Gasteiger partial charge in [0.1, 0.15) is 6.10 Å². The second-order valence-corrected chi connectivity index (χ2v) is 28.0. The molecule has 0 saturated heterocycles. The molecule has 11 nitrogen and oxygen atoms in total. The molecule has 0 bridgehead atoms. The Balaban J connectivity index is 0.000000329. The number of hydrogen-bond acceptors (Lipinski definition) is 13. The monoisotopic (exact) mass is 1290 g/mol. The van der Waals surface area contributed by atoms with E-state index in [1.165, 1.54) is 5.56 Å². The number of aryl methyl sites for hydroxylation is 2. The van der Waals surface area contributed by atoms with Crippen molar-refractivity contribution in [2.75, 3.05) is 17.8 Å². The number of thioether (sulfide) groups is 1. The van der Waals surface area contributed by atoms with Crippen molar-refractivity contribution in [3.05, 3.63) is 224 Å². The first-order chi connectivity index (χ1) is 41.3. The minimum Gasteiger partial charge on any atom is -1.00 e. The van der Waals surface area contributed by atoms with E-state index in [9.17, 15) is 38.4 Å². The summed E-state index contributed by atoms with van der Waals surface area (Å²) in [6, 6.07) is 51.2. The molecule has 0 amide bonds. The fraction of sp³-hybridized carbons (Fsp3) is 0.324. The predicted octanol–water partition coefficient (Wildman–Crippen LogP) is 5.51. The first kappa shape index (κ1) is 76.2. The van der Waals surface area contributed by atoms with Crippen molar-refractivity contribution >= 4 is 116 Å². The molecule has 2 saturated carbocycles. The number of aliphatic carboxylic acids is 2. The average Bonchev–Trinajstić information content (AvgIpc) is 1.95. The zero-order chi connectivity index (χ0) is 62.6. The third-order valence-corrected chi connectivity index (χ3v) is 19.1. The van der Waals surface area contributed by atoms with Crippen molar-refractivity contribution in [2.24, 2.45) is 10.8 Å². The van der Waals surface area contributed by atoms with Crippen LogP contribution >= 0.6 is 47.6 Å². The summed E-state index contributed by atoms with van der Waals surface area (Å²) < 4.78 is 29.7. The number of pyridine rings is 2. The van der Waals surface area contributed by atoms with Crippen LogP contribution in [-0.4, -0.2) is 58.3 Å². The fourth-order valence-corrected chi connectivity index (χ4v) is 13.5. The first-order valence-electron chi connectivity index (χ1n) is 29.1. The number of hydrogen-bond donors (Lipinski definition) is 3. The summed E-state index contributed by atoms with van der Waals surface area (Å²) in [5, 5.41) is 46.3. The molecule has 90 heavy (non-hydrogen) atoms. The van der Waals surface area contributed by atoms with Gasteiger partial charge in [-0.1, -0.05) is 151 Å². The van der Waals surface area contributed by atoms with Gasteiger partial charge in [-0.25, -0.2) is 9.97 Å². The van der Waals surface area contributed by atoms with E-state index < -0.39 is 39.4 Å². The van der Waals surface area contributed by atoms with Crippen LogP contribution in [0.15, 0.2) is 158 Å². The smallest absolute Gasteiger partial charge is 1.00 e. The van der Waals surface area contributed by atoms with Crippen LogP contribution in [0, 0.1) is 10.8 Å². The van der Waals surface area contributed by atoms with E-state index in [0.29, 0.717) is 28.6 Å². The molecule has 6 aromatic carbocycles. The van der Waals surface area contributed by atoms with Gasteiger partial charge in [0.2, 0.25) is 0 Å². The molecule has 19 heteroatoms. The number of rotatable bonds is 24. The van der Waals surface area contributed by atoms with Gasteiger partial charge in [-0.15, -0.1) is 0 Å². The second-order valence-electron chi connectivity index (χ2n) is 24.0. The Morgan fingerprint density at radius 2 is 1.06 bits per heavy atom. The predicted molar refractivity (Wildman–Crippen MR) is 356 cm³/mol. The molecule has 0 spiro atoms. The van der Waals surface area contributed by atoms with Crippen molar-refractivity contribution in [1.82, 2.24) is 9.97 Å². The summed E-state index contributed by atoms with van der Waals surface area (Å²) in [5.74, 6) is -0.430. The Kier molecular flexibility index (Phi) is 28.8. The van der Waals surface area contributed by atoms with Crippen molar-refractivity contribution in [2.45, 2.75) is 114 Å². The van der Waals surface area contributed by atoms with Gasteiger partial charge in [-0.05, 0) is 213 Å².